The fourth-order valence-corrected chi connectivity index (χ4v) is 3.37. The number of allylic oxidation sites excluding steroid dienone is 2. The van der Waals surface area contributed by atoms with Crippen molar-refractivity contribution in [3.05, 3.63) is 36.4 Å². The molecule has 1 amide bonds. The number of carbonyl (C=O) groups excluding carboxylic acids is 1. The van der Waals surface area contributed by atoms with Gasteiger partial charge in [-0.3, -0.25) is 4.79 Å². The number of carbonyl (C=O) groups is 1. The van der Waals surface area contributed by atoms with Crippen LogP contribution in [0.5, 0.6) is 5.75 Å². The van der Waals surface area contributed by atoms with Crippen LogP contribution < -0.4 is 10.1 Å². The zero-order chi connectivity index (χ0) is 14.7. The molecule has 1 aromatic rings. The first-order valence-corrected chi connectivity index (χ1v) is 8.00. The molecule has 0 aromatic heterocycles. The van der Waals surface area contributed by atoms with Gasteiger partial charge >= 0.3 is 0 Å². The number of hydrogen-bond donors (Lipinski definition) is 1. The maximum atomic E-state index is 12.5. The number of nitrogens with one attached hydrogen (secondary N) is 1. The Labute approximate surface area is 126 Å². The summed E-state index contributed by atoms with van der Waals surface area (Å²) in [6.07, 6.45) is 9.33. The number of fused-ring (bicyclic) bond motifs is 1. The number of hydrogen-bond acceptors (Lipinski definition) is 2. The molecule has 2 aliphatic rings. The zero-order valence-electron chi connectivity index (χ0n) is 12.5. The van der Waals surface area contributed by atoms with Crippen LogP contribution in [0.2, 0.25) is 0 Å². The van der Waals surface area contributed by atoms with Crippen molar-refractivity contribution < 1.29 is 9.53 Å². The summed E-state index contributed by atoms with van der Waals surface area (Å²) >= 11 is 0. The zero-order valence-corrected chi connectivity index (χ0v) is 12.5. The largest absolute Gasteiger partial charge is 0.492 e. The summed E-state index contributed by atoms with van der Waals surface area (Å²) in [7, 11) is 0. The lowest BCUT2D eigenvalue weighted by atomic mass is 10.1. The van der Waals surface area contributed by atoms with Crippen LogP contribution >= 0.6 is 0 Å². The predicted octanol–water partition coefficient (Wildman–Crippen LogP) is 4.02. The summed E-state index contributed by atoms with van der Waals surface area (Å²) in [5.74, 6) is 2.03. The van der Waals surface area contributed by atoms with Crippen LogP contribution in [0, 0.1) is 17.8 Å². The van der Waals surface area contributed by atoms with Crippen LogP contribution in [0.3, 0.4) is 0 Å². The molecule has 112 valence electrons. The van der Waals surface area contributed by atoms with E-state index in [-0.39, 0.29) is 11.8 Å². The summed E-state index contributed by atoms with van der Waals surface area (Å²) in [6.45, 7) is 2.55. The van der Waals surface area contributed by atoms with Crippen LogP contribution in [-0.2, 0) is 4.79 Å². The molecule has 1 N–H and O–H groups in total. The van der Waals surface area contributed by atoms with Crippen LogP contribution in [0.1, 0.15) is 32.6 Å². The van der Waals surface area contributed by atoms with E-state index in [9.17, 15) is 4.79 Å². The highest BCUT2D eigenvalue weighted by atomic mass is 16.5. The molecule has 2 aliphatic carbocycles. The summed E-state index contributed by atoms with van der Waals surface area (Å²) in [6, 6.07) is 7.65. The molecule has 3 atom stereocenters. The van der Waals surface area contributed by atoms with E-state index in [4.69, 9.17) is 4.74 Å². The fraction of sp³-hybridized carbons (Fsp3) is 0.500. The number of rotatable bonds is 4. The van der Waals surface area contributed by atoms with E-state index in [1.165, 1.54) is 19.3 Å². The molecule has 0 radical (unpaired) electrons. The summed E-state index contributed by atoms with van der Waals surface area (Å²) in [4.78, 5) is 12.5. The monoisotopic (exact) mass is 285 g/mol. The Kier molecular flexibility index (Phi) is 4.28. The Bertz CT molecular complexity index is 538. The number of ether oxygens (including phenoxy) is 1. The van der Waals surface area contributed by atoms with Crippen molar-refractivity contribution in [1.29, 1.82) is 0 Å². The third-order valence-electron chi connectivity index (χ3n) is 4.49. The lowest BCUT2D eigenvalue weighted by Crippen LogP contribution is -2.16. The lowest BCUT2D eigenvalue weighted by Gasteiger charge is -2.11. The standard InChI is InChI=1S/C18H23NO2/c1-2-21-16-12-8-7-11-15(16)19-18(20)17-13-9-5-3-4-6-10-14(13)17/h5,7-9,11-14,17H,2-4,6,10H2,1H3,(H,19,20)/t13-,14+,17-/m1/s1. The summed E-state index contributed by atoms with van der Waals surface area (Å²) < 4.78 is 5.57. The van der Waals surface area contributed by atoms with Gasteiger partial charge in [0.1, 0.15) is 5.75 Å². The minimum Gasteiger partial charge on any atom is -0.492 e. The van der Waals surface area contributed by atoms with Crippen molar-refractivity contribution in [2.24, 2.45) is 17.8 Å². The molecule has 0 saturated heterocycles. The maximum Gasteiger partial charge on any atom is 0.228 e. The Morgan fingerprint density at radius 2 is 2.19 bits per heavy atom. The highest BCUT2D eigenvalue weighted by molar-refractivity contribution is 5.96. The van der Waals surface area contributed by atoms with Gasteiger partial charge in [-0.2, -0.15) is 0 Å². The van der Waals surface area contributed by atoms with Gasteiger partial charge in [0.25, 0.3) is 0 Å². The lowest BCUT2D eigenvalue weighted by molar-refractivity contribution is -0.117. The molecule has 3 nitrogen and oxygen atoms in total. The van der Waals surface area contributed by atoms with Crippen molar-refractivity contribution >= 4 is 11.6 Å². The van der Waals surface area contributed by atoms with E-state index in [2.05, 4.69) is 17.5 Å². The Morgan fingerprint density at radius 3 is 3.05 bits per heavy atom. The van der Waals surface area contributed by atoms with Crippen molar-refractivity contribution in [3.63, 3.8) is 0 Å². The second-order valence-corrected chi connectivity index (χ2v) is 5.90. The van der Waals surface area contributed by atoms with Crippen molar-refractivity contribution in [2.45, 2.75) is 32.6 Å². The molecule has 1 saturated carbocycles. The average Bonchev–Trinajstić information content (AvgIpc) is 3.12. The minimum absolute atomic E-state index is 0.142. The molecule has 21 heavy (non-hydrogen) atoms. The van der Waals surface area contributed by atoms with Gasteiger partial charge in [0.15, 0.2) is 0 Å². The van der Waals surface area contributed by atoms with Crippen molar-refractivity contribution in [1.82, 2.24) is 0 Å². The molecule has 0 heterocycles. The predicted molar refractivity (Wildman–Crippen MR) is 84.3 cm³/mol. The molecule has 0 spiro atoms. The summed E-state index contributed by atoms with van der Waals surface area (Å²) in [5.41, 5.74) is 0.785. The average molecular weight is 285 g/mol. The molecule has 3 rings (SSSR count). The van der Waals surface area contributed by atoms with E-state index in [1.807, 2.05) is 31.2 Å². The van der Waals surface area contributed by atoms with Gasteiger partial charge in [-0.15, -0.1) is 0 Å². The van der Waals surface area contributed by atoms with E-state index in [0.717, 1.165) is 17.9 Å². The SMILES string of the molecule is CCOc1ccccc1NC(=O)[C@@H]1[C@@H]2C=CCCCC[C@@H]21. The van der Waals surface area contributed by atoms with E-state index in [0.29, 0.717) is 18.4 Å². The van der Waals surface area contributed by atoms with Gasteiger partial charge in [0.05, 0.1) is 12.3 Å². The van der Waals surface area contributed by atoms with Crippen LogP contribution in [0.15, 0.2) is 36.4 Å². The number of benzene rings is 1. The van der Waals surface area contributed by atoms with E-state index < -0.39 is 0 Å². The highest BCUT2D eigenvalue weighted by Gasteiger charge is 2.52. The number of para-hydroxylation sites is 2. The van der Waals surface area contributed by atoms with Gasteiger partial charge < -0.3 is 10.1 Å². The van der Waals surface area contributed by atoms with Crippen LogP contribution in [0.25, 0.3) is 0 Å². The molecular formula is C18H23NO2. The normalized spacial score (nSPS) is 27.2. The Hall–Kier alpha value is -1.77. The molecule has 0 aliphatic heterocycles. The molecule has 0 bridgehead atoms. The van der Waals surface area contributed by atoms with Crippen molar-refractivity contribution in [3.8, 4) is 5.75 Å². The third kappa shape index (κ3) is 3.12. The quantitative estimate of drug-likeness (QED) is 0.849. The third-order valence-corrected chi connectivity index (χ3v) is 4.49. The molecule has 1 aromatic carbocycles. The highest BCUT2D eigenvalue weighted by Crippen LogP contribution is 2.52. The summed E-state index contributed by atoms with van der Waals surface area (Å²) in [5, 5.41) is 3.06. The van der Waals surface area contributed by atoms with E-state index >= 15 is 0 Å². The first-order chi connectivity index (χ1) is 10.3. The second-order valence-electron chi connectivity index (χ2n) is 5.90. The smallest absolute Gasteiger partial charge is 0.228 e. The first-order valence-electron chi connectivity index (χ1n) is 8.00. The van der Waals surface area contributed by atoms with Gasteiger partial charge in [0.2, 0.25) is 5.91 Å². The van der Waals surface area contributed by atoms with Gasteiger partial charge in [-0.25, -0.2) is 0 Å². The van der Waals surface area contributed by atoms with Gasteiger partial charge in [-0.1, -0.05) is 30.7 Å². The number of amides is 1. The second kappa shape index (κ2) is 6.33. The van der Waals surface area contributed by atoms with E-state index in [1.54, 1.807) is 0 Å². The molecular weight excluding hydrogens is 262 g/mol. The Morgan fingerprint density at radius 1 is 1.33 bits per heavy atom. The number of anilines is 1. The Balaban J connectivity index is 1.67. The van der Waals surface area contributed by atoms with Gasteiger partial charge in [-0.05, 0) is 50.2 Å². The first kappa shape index (κ1) is 14.2. The van der Waals surface area contributed by atoms with Gasteiger partial charge in [0, 0.05) is 5.92 Å². The topological polar surface area (TPSA) is 38.3 Å². The minimum atomic E-state index is 0.142. The molecule has 0 unspecified atom stereocenters. The maximum absolute atomic E-state index is 12.5. The molecule has 3 heteroatoms. The van der Waals surface area contributed by atoms with Crippen molar-refractivity contribution in [2.75, 3.05) is 11.9 Å². The molecule has 1 fully saturated rings. The fourth-order valence-electron chi connectivity index (χ4n) is 3.37. The van der Waals surface area contributed by atoms with Crippen LogP contribution in [0.4, 0.5) is 5.69 Å². The van der Waals surface area contributed by atoms with Crippen LogP contribution in [-0.4, -0.2) is 12.5 Å².